The second-order valence-corrected chi connectivity index (χ2v) is 4.26. The van der Waals surface area contributed by atoms with Crippen LogP contribution in [0, 0.1) is 0 Å². The largest absolute Gasteiger partial charge is 0.288 e. The van der Waals surface area contributed by atoms with Crippen molar-refractivity contribution in [1.29, 1.82) is 0 Å². The normalized spacial score (nSPS) is 9.76. The number of hydrogen-bond donors (Lipinski definition) is 2. The van der Waals surface area contributed by atoms with E-state index in [0.717, 1.165) is 12.8 Å². The molecule has 0 aliphatic carbocycles. The van der Waals surface area contributed by atoms with Crippen LogP contribution in [0.1, 0.15) is 36.7 Å². The molecule has 0 unspecified atom stereocenters. The lowest BCUT2D eigenvalue weighted by atomic mass is 10.2. The summed E-state index contributed by atoms with van der Waals surface area (Å²) in [6.07, 6.45) is 2.15. The van der Waals surface area contributed by atoms with Gasteiger partial charge < -0.3 is 0 Å². The number of carbonyl (C=O) groups is 2. The van der Waals surface area contributed by atoms with Gasteiger partial charge in [0.1, 0.15) is 10.3 Å². The van der Waals surface area contributed by atoms with Crippen LogP contribution in [-0.4, -0.2) is 16.8 Å². The number of nitrogens with one attached hydrogen (secondary N) is 2. The number of rotatable bonds is 4. The Bertz CT molecular complexity index is 409. The molecule has 0 bridgehead atoms. The predicted molar refractivity (Wildman–Crippen MR) is 67.1 cm³/mol. The third-order valence-corrected chi connectivity index (χ3v) is 2.46. The van der Waals surface area contributed by atoms with Crippen molar-refractivity contribution in [2.24, 2.45) is 0 Å². The zero-order valence-electron chi connectivity index (χ0n) is 9.50. The summed E-state index contributed by atoms with van der Waals surface area (Å²) in [4.78, 5) is 26.8. The topological polar surface area (TPSA) is 71.1 Å². The van der Waals surface area contributed by atoms with Crippen molar-refractivity contribution in [2.75, 3.05) is 0 Å². The van der Waals surface area contributed by atoms with Gasteiger partial charge in [-0.15, -0.1) is 0 Å². The van der Waals surface area contributed by atoms with Crippen molar-refractivity contribution in [3.63, 3.8) is 0 Å². The Morgan fingerprint density at radius 1 is 1.35 bits per heavy atom. The van der Waals surface area contributed by atoms with Crippen molar-refractivity contribution in [3.8, 4) is 0 Å². The van der Waals surface area contributed by atoms with E-state index in [1.54, 1.807) is 18.2 Å². The maximum Gasteiger partial charge on any atom is 0.288 e. The van der Waals surface area contributed by atoms with Crippen LogP contribution in [0.3, 0.4) is 0 Å². The minimum Gasteiger partial charge on any atom is -0.273 e. The Morgan fingerprint density at radius 2 is 2.12 bits per heavy atom. The molecule has 2 amide bonds. The minimum atomic E-state index is -0.434. The van der Waals surface area contributed by atoms with Gasteiger partial charge in [-0.2, -0.15) is 0 Å². The van der Waals surface area contributed by atoms with Crippen LogP contribution >= 0.6 is 15.9 Å². The van der Waals surface area contributed by atoms with Gasteiger partial charge in [0.05, 0.1) is 0 Å². The summed E-state index contributed by atoms with van der Waals surface area (Å²) in [7, 11) is 0. The molecule has 0 atom stereocenters. The van der Waals surface area contributed by atoms with Crippen LogP contribution in [0.15, 0.2) is 22.8 Å². The molecule has 17 heavy (non-hydrogen) atoms. The Morgan fingerprint density at radius 3 is 2.76 bits per heavy atom. The van der Waals surface area contributed by atoms with Gasteiger partial charge in [-0.05, 0) is 34.5 Å². The maximum absolute atomic E-state index is 11.6. The van der Waals surface area contributed by atoms with E-state index >= 15 is 0 Å². The van der Waals surface area contributed by atoms with E-state index in [1.807, 2.05) is 6.92 Å². The summed E-state index contributed by atoms with van der Waals surface area (Å²) < 4.78 is 0.572. The first kappa shape index (κ1) is 13.6. The average molecular weight is 300 g/mol. The number of aromatic nitrogens is 1. The highest BCUT2D eigenvalue weighted by atomic mass is 79.9. The predicted octanol–water partition coefficient (Wildman–Crippen LogP) is 1.80. The van der Waals surface area contributed by atoms with E-state index in [4.69, 9.17) is 0 Å². The van der Waals surface area contributed by atoms with Gasteiger partial charge in [-0.1, -0.05) is 19.4 Å². The molecule has 2 N–H and O–H groups in total. The standard InChI is InChI=1S/C11H14BrN3O2/c1-2-3-7-10(16)14-15-11(17)8-5-4-6-9(12)13-8/h4-6H,2-3,7H2,1H3,(H,14,16)(H,15,17). The van der Waals surface area contributed by atoms with Crippen LogP contribution in [0.4, 0.5) is 0 Å². The Balaban J connectivity index is 2.42. The highest BCUT2D eigenvalue weighted by molar-refractivity contribution is 9.10. The zero-order chi connectivity index (χ0) is 12.7. The van der Waals surface area contributed by atoms with E-state index in [2.05, 4.69) is 31.8 Å². The number of hydrazine groups is 1. The zero-order valence-corrected chi connectivity index (χ0v) is 11.1. The van der Waals surface area contributed by atoms with E-state index in [-0.39, 0.29) is 11.6 Å². The first-order valence-corrected chi connectivity index (χ1v) is 6.14. The molecule has 5 nitrogen and oxygen atoms in total. The van der Waals surface area contributed by atoms with Gasteiger partial charge in [-0.25, -0.2) is 4.98 Å². The second-order valence-electron chi connectivity index (χ2n) is 3.45. The molecule has 92 valence electrons. The van der Waals surface area contributed by atoms with E-state index < -0.39 is 5.91 Å². The smallest absolute Gasteiger partial charge is 0.273 e. The van der Waals surface area contributed by atoms with E-state index in [0.29, 0.717) is 11.0 Å². The van der Waals surface area contributed by atoms with Crippen LogP contribution < -0.4 is 10.9 Å². The molecule has 0 aliphatic rings. The highest BCUT2D eigenvalue weighted by Gasteiger charge is 2.08. The second kappa shape index (κ2) is 7.01. The summed E-state index contributed by atoms with van der Waals surface area (Å²) >= 11 is 3.17. The van der Waals surface area contributed by atoms with Crippen molar-refractivity contribution in [1.82, 2.24) is 15.8 Å². The quantitative estimate of drug-likeness (QED) is 0.658. The van der Waals surface area contributed by atoms with Crippen LogP contribution in [0.25, 0.3) is 0 Å². The first-order chi connectivity index (χ1) is 8.13. The minimum absolute atomic E-state index is 0.199. The molecule has 1 rings (SSSR count). The summed E-state index contributed by atoms with van der Waals surface area (Å²) in [6.45, 7) is 2.00. The van der Waals surface area contributed by atoms with Gasteiger partial charge in [0.25, 0.3) is 5.91 Å². The molecule has 0 aliphatic heterocycles. The van der Waals surface area contributed by atoms with Crippen LogP contribution in [-0.2, 0) is 4.79 Å². The third kappa shape index (κ3) is 4.95. The molecule has 0 radical (unpaired) electrons. The van der Waals surface area contributed by atoms with Crippen molar-refractivity contribution in [3.05, 3.63) is 28.5 Å². The molecule has 0 aromatic carbocycles. The molecule has 0 fully saturated rings. The number of amides is 2. The third-order valence-electron chi connectivity index (χ3n) is 2.02. The highest BCUT2D eigenvalue weighted by Crippen LogP contribution is 2.05. The van der Waals surface area contributed by atoms with Gasteiger partial charge in [0.2, 0.25) is 5.91 Å². The Labute approximate surface area is 108 Å². The van der Waals surface area contributed by atoms with E-state index in [9.17, 15) is 9.59 Å². The van der Waals surface area contributed by atoms with Crippen molar-refractivity contribution in [2.45, 2.75) is 26.2 Å². The van der Waals surface area contributed by atoms with Gasteiger partial charge >= 0.3 is 0 Å². The SMILES string of the molecule is CCCCC(=O)NNC(=O)c1cccc(Br)n1. The molecule has 1 aromatic rings. The number of unbranched alkanes of at least 4 members (excludes halogenated alkanes) is 1. The Kier molecular flexibility index (Phi) is 5.62. The lowest BCUT2D eigenvalue weighted by molar-refractivity contribution is -0.121. The molecule has 0 saturated heterocycles. The lowest BCUT2D eigenvalue weighted by Gasteiger charge is -2.06. The maximum atomic E-state index is 11.6. The molecule has 6 heteroatoms. The van der Waals surface area contributed by atoms with Crippen molar-refractivity contribution < 1.29 is 9.59 Å². The average Bonchev–Trinajstić information content (AvgIpc) is 2.33. The van der Waals surface area contributed by atoms with Crippen LogP contribution in [0.2, 0.25) is 0 Å². The number of halogens is 1. The van der Waals surface area contributed by atoms with Crippen molar-refractivity contribution >= 4 is 27.7 Å². The summed E-state index contributed by atoms with van der Waals surface area (Å²) in [5.41, 5.74) is 4.90. The molecule has 1 aromatic heterocycles. The summed E-state index contributed by atoms with van der Waals surface area (Å²) in [5, 5.41) is 0. The molecular formula is C11H14BrN3O2. The fourth-order valence-corrected chi connectivity index (χ4v) is 1.47. The summed E-state index contributed by atoms with van der Waals surface area (Å²) in [6, 6.07) is 4.99. The number of hydrogen-bond acceptors (Lipinski definition) is 3. The molecule has 0 spiro atoms. The monoisotopic (exact) mass is 299 g/mol. The fourth-order valence-electron chi connectivity index (χ4n) is 1.13. The molecular weight excluding hydrogens is 286 g/mol. The fraction of sp³-hybridized carbons (Fsp3) is 0.364. The molecule has 1 heterocycles. The van der Waals surface area contributed by atoms with Crippen LogP contribution in [0.5, 0.6) is 0 Å². The molecule has 0 saturated carbocycles. The van der Waals surface area contributed by atoms with Gasteiger partial charge in [0, 0.05) is 6.42 Å². The summed E-state index contributed by atoms with van der Waals surface area (Å²) in [5.74, 6) is -0.633. The number of carbonyl (C=O) groups excluding carboxylic acids is 2. The number of nitrogens with zero attached hydrogens (tertiary/aromatic N) is 1. The first-order valence-electron chi connectivity index (χ1n) is 5.35. The number of pyridine rings is 1. The Hall–Kier alpha value is -1.43. The van der Waals surface area contributed by atoms with Gasteiger partial charge in [-0.3, -0.25) is 20.4 Å². The lowest BCUT2D eigenvalue weighted by Crippen LogP contribution is -2.41. The van der Waals surface area contributed by atoms with E-state index in [1.165, 1.54) is 0 Å². The van der Waals surface area contributed by atoms with Gasteiger partial charge in [0.15, 0.2) is 0 Å².